The van der Waals surface area contributed by atoms with Crippen LogP contribution in [0.4, 0.5) is 0 Å². The van der Waals surface area contributed by atoms with E-state index in [4.69, 9.17) is 18.9 Å². The van der Waals surface area contributed by atoms with Crippen LogP contribution in [-0.2, 0) is 35.0 Å². The summed E-state index contributed by atoms with van der Waals surface area (Å²) in [7, 11) is 1.33. The number of aromatic hydroxyl groups is 2. The van der Waals surface area contributed by atoms with Crippen LogP contribution in [0.15, 0.2) is 23.3 Å². The van der Waals surface area contributed by atoms with Crippen LogP contribution in [0.3, 0.4) is 0 Å². The molecule has 0 bridgehead atoms. The van der Waals surface area contributed by atoms with Gasteiger partial charge < -0.3 is 44.5 Å². The Hall–Kier alpha value is -4.47. The van der Waals surface area contributed by atoms with E-state index < -0.39 is 101 Å². The number of likely N-dealkylation sites (tertiary alicyclic amines) is 1. The maximum Gasteiger partial charge on any atom is 0.242 e. The number of nitrogens with zero attached hydrogens (tertiary/aromatic N) is 3. The molecule has 60 heavy (non-hydrogen) atoms. The fraction of sp³-hybridized carbons (Fsp3) is 0.561. The number of hydrazone groups is 1. The standard InChI is InChI=1S/C41H50N4O14S/c1-20-35(49)23(44-11-13-57-14-12-44)15-30(58-20)59-25-18-41(55,27(19-46)42-43-28(47)9-4-3-5-10-45-29(48)16-26(60)40(45)54)17-22-32(25)39(53)34-33(37(22)51)36(50)21-7-6-8-24(56-2)31(21)38(34)52/h6-8,20,23,25-26,30,35,46,49,51,53,55,60H,3-5,9-19H2,1-2H3,(H,43,47)/b42-27+/t20-,23-,25-,26?,30?,35?,41-/m0/s1. The molecule has 2 aliphatic carbocycles. The summed E-state index contributed by atoms with van der Waals surface area (Å²) in [6.45, 7) is 3.06. The van der Waals surface area contributed by atoms with Crippen LogP contribution in [0, 0.1) is 0 Å². The van der Waals surface area contributed by atoms with Crippen LogP contribution in [0.1, 0.15) is 101 Å². The van der Waals surface area contributed by atoms with Crippen molar-refractivity contribution in [1.82, 2.24) is 15.2 Å². The van der Waals surface area contributed by atoms with Crippen molar-refractivity contribution in [1.29, 1.82) is 0 Å². The van der Waals surface area contributed by atoms with E-state index >= 15 is 0 Å². The SMILES string of the molecule is COc1cccc2c1C(=O)c1c(O)c3c(c(O)c1C2=O)C[C@@](O)(/C(CO)=N/NC(=O)CCCCCN1C(=O)CC(S)C1=O)C[C@@H]3OC1C[C@H](N2CCOCC2)C(O)[C@H](C)O1. The molecule has 2 aromatic carbocycles. The average molecular weight is 855 g/mol. The van der Waals surface area contributed by atoms with Crippen molar-refractivity contribution in [3.63, 3.8) is 0 Å². The number of morpholine rings is 1. The van der Waals surface area contributed by atoms with E-state index in [0.717, 1.165) is 0 Å². The lowest BCUT2D eigenvalue weighted by Crippen LogP contribution is -2.58. The molecule has 3 saturated heterocycles. The number of aliphatic hydroxyl groups is 3. The van der Waals surface area contributed by atoms with E-state index in [1.165, 1.54) is 30.2 Å². The minimum atomic E-state index is -2.16. The number of fused-ring (bicyclic) bond motifs is 3. The van der Waals surface area contributed by atoms with Crippen molar-refractivity contribution in [2.45, 2.75) is 99.8 Å². The number of hydrogen-bond acceptors (Lipinski definition) is 17. The number of benzene rings is 2. The van der Waals surface area contributed by atoms with Gasteiger partial charge >= 0.3 is 0 Å². The van der Waals surface area contributed by atoms with Gasteiger partial charge in [0.15, 0.2) is 12.1 Å². The Bertz CT molecular complexity index is 2090. The van der Waals surface area contributed by atoms with Crippen LogP contribution in [0.5, 0.6) is 17.2 Å². The minimum Gasteiger partial charge on any atom is -0.507 e. The molecule has 3 unspecified atom stereocenters. The zero-order valence-electron chi connectivity index (χ0n) is 33.3. The Kier molecular flexibility index (Phi) is 13.0. The lowest BCUT2D eigenvalue weighted by atomic mass is 9.71. The number of unbranched alkanes of at least 4 members (excludes halogenated alkanes) is 2. The molecule has 0 aromatic heterocycles. The number of imide groups is 1. The zero-order chi connectivity index (χ0) is 43.0. The summed E-state index contributed by atoms with van der Waals surface area (Å²) >= 11 is 4.12. The summed E-state index contributed by atoms with van der Waals surface area (Å²) < 4.78 is 23.5. The molecule has 2 aromatic rings. The van der Waals surface area contributed by atoms with Gasteiger partial charge in [-0.2, -0.15) is 17.7 Å². The van der Waals surface area contributed by atoms with E-state index in [-0.39, 0.29) is 71.3 Å². The molecule has 19 heteroatoms. The molecule has 5 aliphatic rings. The molecule has 3 aliphatic heterocycles. The average Bonchev–Trinajstić information content (AvgIpc) is 3.47. The largest absolute Gasteiger partial charge is 0.507 e. The number of ether oxygens (including phenoxy) is 4. The van der Waals surface area contributed by atoms with Gasteiger partial charge in [-0.3, -0.25) is 33.8 Å². The Morgan fingerprint density at radius 2 is 1.78 bits per heavy atom. The first-order chi connectivity index (χ1) is 28.7. The summed E-state index contributed by atoms with van der Waals surface area (Å²) in [6.07, 6.45) is -3.44. The van der Waals surface area contributed by atoms with Gasteiger partial charge in [0.2, 0.25) is 23.5 Å². The molecule has 18 nitrogen and oxygen atoms in total. The molecule has 0 saturated carbocycles. The number of amides is 3. The smallest absolute Gasteiger partial charge is 0.242 e. The normalized spacial score (nSPS) is 28.4. The third-order valence-corrected chi connectivity index (χ3v) is 12.5. The molecule has 3 fully saturated rings. The van der Waals surface area contributed by atoms with E-state index in [1.807, 2.05) is 0 Å². The van der Waals surface area contributed by atoms with Crippen LogP contribution in [0.2, 0.25) is 0 Å². The summed E-state index contributed by atoms with van der Waals surface area (Å²) in [5.74, 6) is -4.01. The lowest BCUT2D eigenvalue weighted by molar-refractivity contribution is -0.259. The second-order valence-electron chi connectivity index (χ2n) is 15.8. The van der Waals surface area contributed by atoms with Crippen LogP contribution in [0.25, 0.3) is 0 Å². The first kappa shape index (κ1) is 43.6. The molecular weight excluding hydrogens is 805 g/mol. The van der Waals surface area contributed by atoms with Gasteiger partial charge in [0.05, 0.1) is 72.9 Å². The van der Waals surface area contributed by atoms with Crippen LogP contribution < -0.4 is 10.2 Å². The van der Waals surface area contributed by atoms with Gasteiger partial charge in [-0.15, -0.1) is 0 Å². The van der Waals surface area contributed by atoms with Gasteiger partial charge in [-0.25, -0.2) is 5.43 Å². The predicted octanol–water partition coefficient (Wildman–Crippen LogP) is 0.896. The van der Waals surface area contributed by atoms with Crippen molar-refractivity contribution in [3.05, 3.63) is 51.6 Å². The number of nitrogens with one attached hydrogen (secondary N) is 1. The molecule has 324 valence electrons. The van der Waals surface area contributed by atoms with Gasteiger partial charge in [-0.05, 0) is 25.8 Å². The summed E-state index contributed by atoms with van der Waals surface area (Å²) in [4.78, 5) is 68.4. The molecule has 0 spiro atoms. The number of hydrogen-bond donors (Lipinski definition) is 7. The minimum absolute atomic E-state index is 0.0111. The Labute approximate surface area is 350 Å². The number of methoxy groups -OCH3 is 1. The van der Waals surface area contributed by atoms with Gasteiger partial charge in [0.1, 0.15) is 22.8 Å². The maximum absolute atomic E-state index is 14.1. The first-order valence-corrected chi connectivity index (χ1v) is 20.6. The number of ketones is 2. The highest BCUT2D eigenvalue weighted by atomic mass is 32.1. The number of rotatable bonds is 13. The molecule has 3 amide bonds. The third-order valence-electron chi connectivity index (χ3n) is 12.1. The summed E-state index contributed by atoms with van der Waals surface area (Å²) in [5.41, 5.74) is -1.50. The fourth-order valence-electron chi connectivity index (χ4n) is 8.93. The van der Waals surface area contributed by atoms with Crippen molar-refractivity contribution >= 4 is 47.6 Å². The van der Waals surface area contributed by atoms with Gasteiger partial charge in [0.25, 0.3) is 0 Å². The molecule has 0 radical (unpaired) electrons. The van der Waals surface area contributed by atoms with Crippen molar-refractivity contribution < 1.29 is 68.5 Å². The number of carbonyl (C=O) groups excluding carboxylic acids is 5. The number of thiol groups is 1. The lowest BCUT2D eigenvalue weighted by Gasteiger charge is -2.46. The quantitative estimate of drug-likeness (QED) is 0.0315. The van der Waals surface area contributed by atoms with E-state index in [9.17, 15) is 49.5 Å². The fourth-order valence-corrected chi connectivity index (χ4v) is 9.23. The maximum atomic E-state index is 14.1. The zero-order valence-corrected chi connectivity index (χ0v) is 34.2. The van der Waals surface area contributed by atoms with Crippen molar-refractivity contribution in [2.75, 3.05) is 46.6 Å². The first-order valence-electron chi connectivity index (χ1n) is 20.1. The Morgan fingerprint density at radius 3 is 2.47 bits per heavy atom. The second-order valence-corrected chi connectivity index (χ2v) is 16.4. The molecule has 7 atom stereocenters. The Morgan fingerprint density at radius 1 is 1.05 bits per heavy atom. The highest BCUT2D eigenvalue weighted by molar-refractivity contribution is 7.81. The number of phenolic OH excluding ortho intramolecular Hbond substituents is 2. The third kappa shape index (κ3) is 8.16. The molecule has 3 heterocycles. The van der Waals surface area contributed by atoms with Crippen molar-refractivity contribution in [3.8, 4) is 17.2 Å². The number of carbonyl (C=O) groups is 5. The number of phenols is 2. The van der Waals surface area contributed by atoms with Crippen LogP contribution in [-0.4, -0.2) is 152 Å². The van der Waals surface area contributed by atoms with E-state index in [2.05, 4.69) is 28.1 Å². The van der Waals surface area contributed by atoms with E-state index in [0.29, 0.717) is 45.6 Å². The molecular formula is C41H50N4O14S. The van der Waals surface area contributed by atoms with Gasteiger partial charge in [-0.1, -0.05) is 18.6 Å². The van der Waals surface area contributed by atoms with Crippen LogP contribution >= 0.6 is 12.6 Å². The predicted molar refractivity (Wildman–Crippen MR) is 213 cm³/mol. The second kappa shape index (κ2) is 17.9. The molecule has 6 N–H and O–H groups in total. The van der Waals surface area contributed by atoms with Crippen molar-refractivity contribution in [2.24, 2.45) is 5.10 Å². The highest BCUT2D eigenvalue weighted by Crippen LogP contribution is 2.52. The summed E-state index contributed by atoms with van der Waals surface area (Å²) in [6, 6.07) is 3.97. The highest BCUT2D eigenvalue weighted by Gasteiger charge is 2.50. The monoisotopic (exact) mass is 854 g/mol. The number of aliphatic hydroxyl groups excluding tert-OH is 2. The van der Waals surface area contributed by atoms with Gasteiger partial charge in [0, 0.05) is 74.5 Å². The Balaban J connectivity index is 1.17. The molecule has 7 rings (SSSR count). The topological polar surface area (TPSA) is 254 Å². The summed E-state index contributed by atoms with van der Waals surface area (Å²) in [5, 5.41) is 61.5. The van der Waals surface area contributed by atoms with E-state index in [1.54, 1.807) is 6.92 Å².